The van der Waals surface area contributed by atoms with Gasteiger partial charge in [0.05, 0.1) is 31.4 Å². The van der Waals surface area contributed by atoms with E-state index in [1.165, 1.54) is 13.2 Å². The van der Waals surface area contributed by atoms with Crippen LogP contribution in [0.4, 0.5) is 5.69 Å². The topological polar surface area (TPSA) is 75.9 Å². The summed E-state index contributed by atoms with van der Waals surface area (Å²) in [6.45, 7) is 0. The lowest BCUT2D eigenvalue weighted by Crippen LogP contribution is -2.76. The SMILES string of the molecule is CO[NH2+]c1ccccc1-c1ccc(C#N)cc1C(=O)OC. The minimum Gasteiger partial charge on any atom is -0.465 e. The minimum atomic E-state index is -0.477. The quantitative estimate of drug-likeness (QED) is 0.527. The highest BCUT2D eigenvalue weighted by molar-refractivity contribution is 5.98. The van der Waals surface area contributed by atoms with Crippen molar-refractivity contribution in [1.82, 2.24) is 0 Å². The van der Waals surface area contributed by atoms with Gasteiger partial charge in [-0.2, -0.15) is 10.7 Å². The molecule has 0 fully saturated rings. The van der Waals surface area contributed by atoms with E-state index >= 15 is 0 Å². The zero-order valence-corrected chi connectivity index (χ0v) is 11.8. The van der Waals surface area contributed by atoms with Crippen LogP contribution in [-0.4, -0.2) is 20.2 Å². The van der Waals surface area contributed by atoms with Crippen molar-refractivity contribution in [2.45, 2.75) is 0 Å². The van der Waals surface area contributed by atoms with Gasteiger partial charge in [-0.05, 0) is 18.2 Å². The van der Waals surface area contributed by atoms with E-state index in [1.54, 1.807) is 24.7 Å². The summed E-state index contributed by atoms with van der Waals surface area (Å²) in [7, 11) is 2.88. The first kappa shape index (κ1) is 14.7. The second kappa shape index (κ2) is 6.66. The summed E-state index contributed by atoms with van der Waals surface area (Å²) < 4.78 is 4.81. The second-order valence-electron chi connectivity index (χ2n) is 4.30. The zero-order valence-electron chi connectivity index (χ0n) is 11.8. The lowest BCUT2D eigenvalue weighted by atomic mass is 9.96. The molecule has 0 amide bonds. The summed E-state index contributed by atoms with van der Waals surface area (Å²) in [5.74, 6) is -0.477. The van der Waals surface area contributed by atoms with E-state index in [9.17, 15) is 4.79 Å². The first-order valence-electron chi connectivity index (χ1n) is 6.29. The predicted octanol–water partition coefficient (Wildman–Crippen LogP) is 1.77. The molecule has 5 nitrogen and oxygen atoms in total. The van der Waals surface area contributed by atoms with Crippen LogP contribution in [0.15, 0.2) is 42.5 Å². The fraction of sp³-hybridized carbons (Fsp3) is 0.125. The smallest absolute Gasteiger partial charge is 0.338 e. The molecule has 2 aromatic carbocycles. The largest absolute Gasteiger partial charge is 0.465 e. The normalized spacial score (nSPS) is 9.95. The number of benzene rings is 2. The molecule has 0 heterocycles. The van der Waals surface area contributed by atoms with Gasteiger partial charge in [-0.25, -0.2) is 9.63 Å². The Morgan fingerprint density at radius 2 is 1.90 bits per heavy atom. The average molecular weight is 283 g/mol. The van der Waals surface area contributed by atoms with Crippen molar-refractivity contribution in [2.75, 3.05) is 14.2 Å². The number of ether oxygens (including phenoxy) is 1. The Kier molecular flexibility index (Phi) is 4.67. The molecule has 0 aliphatic carbocycles. The van der Waals surface area contributed by atoms with Gasteiger partial charge < -0.3 is 4.74 Å². The molecular weight excluding hydrogens is 268 g/mol. The molecular formula is C16H15N2O3+. The molecule has 2 aromatic rings. The minimum absolute atomic E-state index is 0.355. The zero-order chi connectivity index (χ0) is 15.2. The maximum absolute atomic E-state index is 12.0. The summed E-state index contributed by atoms with van der Waals surface area (Å²) in [6, 6.07) is 14.5. The first-order valence-corrected chi connectivity index (χ1v) is 6.29. The third-order valence-electron chi connectivity index (χ3n) is 3.05. The van der Waals surface area contributed by atoms with Gasteiger partial charge in [0, 0.05) is 17.2 Å². The summed E-state index contributed by atoms with van der Waals surface area (Å²) in [5, 5.41) is 8.99. The molecule has 0 aliphatic rings. The van der Waals surface area contributed by atoms with Crippen molar-refractivity contribution in [3.8, 4) is 17.2 Å². The van der Waals surface area contributed by atoms with Gasteiger partial charge in [-0.15, -0.1) is 0 Å². The maximum Gasteiger partial charge on any atom is 0.338 e. The van der Waals surface area contributed by atoms with Crippen LogP contribution in [0.1, 0.15) is 15.9 Å². The predicted molar refractivity (Wildman–Crippen MR) is 76.5 cm³/mol. The van der Waals surface area contributed by atoms with E-state index in [0.717, 1.165) is 11.3 Å². The van der Waals surface area contributed by atoms with Gasteiger partial charge in [0.25, 0.3) is 0 Å². The van der Waals surface area contributed by atoms with Gasteiger partial charge in [-0.3, -0.25) is 0 Å². The Morgan fingerprint density at radius 1 is 1.14 bits per heavy atom. The molecule has 0 radical (unpaired) electrons. The molecule has 0 aromatic heterocycles. The molecule has 21 heavy (non-hydrogen) atoms. The Balaban J connectivity index is 2.64. The molecule has 0 aliphatic heterocycles. The molecule has 106 valence electrons. The number of carbonyl (C=O) groups is 1. The monoisotopic (exact) mass is 283 g/mol. The number of nitriles is 1. The maximum atomic E-state index is 12.0. The number of hydrogen-bond acceptors (Lipinski definition) is 4. The van der Waals surface area contributed by atoms with Crippen molar-refractivity contribution >= 4 is 11.7 Å². The lowest BCUT2D eigenvalue weighted by molar-refractivity contribution is -0.829. The number of nitrogens with two attached hydrogens (primary N) is 1. The van der Waals surface area contributed by atoms with Crippen molar-refractivity contribution in [2.24, 2.45) is 0 Å². The Labute approximate surface area is 122 Å². The number of rotatable bonds is 4. The van der Waals surface area contributed by atoms with Crippen molar-refractivity contribution in [3.63, 3.8) is 0 Å². The highest BCUT2D eigenvalue weighted by atomic mass is 16.6. The number of esters is 1. The second-order valence-corrected chi connectivity index (χ2v) is 4.30. The highest BCUT2D eigenvalue weighted by Gasteiger charge is 2.18. The average Bonchev–Trinajstić information content (AvgIpc) is 2.54. The molecule has 0 unspecified atom stereocenters. The van der Waals surface area contributed by atoms with Crippen molar-refractivity contribution < 1.29 is 19.8 Å². The molecule has 5 heteroatoms. The van der Waals surface area contributed by atoms with Crippen molar-refractivity contribution in [1.29, 1.82) is 5.26 Å². The first-order chi connectivity index (χ1) is 10.2. The summed E-state index contributed by atoms with van der Waals surface area (Å²) in [6.07, 6.45) is 0. The Bertz CT molecular complexity index is 705. The number of methoxy groups -OCH3 is 1. The molecule has 2 N–H and O–H groups in total. The van der Waals surface area contributed by atoms with E-state index in [1.807, 2.05) is 30.3 Å². The van der Waals surface area contributed by atoms with Crippen LogP contribution in [0.25, 0.3) is 11.1 Å². The van der Waals surface area contributed by atoms with Crippen LogP contribution < -0.4 is 5.48 Å². The third-order valence-corrected chi connectivity index (χ3v) is 3.05. The lowest BCUT2D eigenvalue weighted by Gasteiger charge is -2.10. The van der Waals surface area contributed by atoms with Crippen LogP contribution in [0.5, 0.6) is 0 Å². The molecule has 0 bridgehead atoms. The molecule has 0 saturated carbocycles. The number of quaternary nitrogens is 1. The van der Waals surface area contributed by atoms with Gasteiger partial charge in [0.15, 0.2) is 5.69 Å². The molecule has 0 saturated heterocycles. The summed E-state index contributed by atoms with van der Waals surface area (Å²) >= 11 is 0. The number of hydrogen-bond donors (Lipinski definition) is 1. The van der Waals surface area contributed by atoms with Crippen LogP contribution >= 0.6 is 0 Å². The standard InChI is InChI=1S/C16H14N2O3/c1-20-16(19)14-9-11(10-17)7-8-12(14)13-5-3-4-6-15(13)18-21-2/h3-9,18H,1-2H3/p+1. The fourth-order valence-corrected chi connectivity index (χ4v) is 2.10. The molecule has 0 atom stereocenters. The van der Waals surface area contributed by atoms with E-state index in [2.05, 4.69) is 0 Å². The van der Waals surface area contributed by atoms with Crippen LogP contribution in [0, 0.1) is 11.3 Å². The van der Waals surface area contributed by atoms with E-state index < -0.39 is 5.97 Å². The number of carbonyl (C=O) groups excluding carboxylic acids is 1. The number of nitrogens with zero attached hydrogens (tertiary/aromatic N) is 1. The fourth-order valence-electron chi connectivity index (χ4n) is 2.10. The van der Waals surface area contributed by atoms with Gasteiger partial charge in [0.1, 0.15) is 0 Å². The van der Waals surface area contributed by atoms with Gasteiger partial charge in [-0.1, -0.05) is 18.2 Å². The highest BCUT2D eigenvalue weighted by Crippen LogP contribution is 2.29. The Morgan fingerprint density at radius 3 is 2.57 bits per heavy atom. The Hall–Kier alpha value is -2.68. The van der Waals surface area contributed by atoms with Gasteiger partial charge >= 0.3 is 5.97 Å². The van der Waals surface area contributed by atoms with Crippen LogP contribution in [0.2, 0.25) is 0 Å². The summed E-state index contributed by atoms with van der Waals surface area (Å²) in [5.41, 5.74) is 4.75. The van der Waals surface area contributed by atoms with Crippen molar-refractivity contribution in [3.05, 3.63) is 53.6 Å². The van der Waals surface area contributed by atoms with Crippen LogP contribution in [0.3, 0.4) is 0 Å². The van der Waals surface area contributed by atoms with Gasteiger partial charge in [0.2, 0.25) is 0 Å². The van der Waals surface area contributed by atoms with E-state index in [0.29, 0.717) is 16.7 Å². The molecule has 2 rings (SSSR count). The van der Waals surface area contributed by atoms with Crippen LogP contribution in [-0.2, 0) is 9.57 Å². The van der Waals surface area contributed by atoms with E-state index in [4.69, 9.17) is 14.8 Å². The summed E-state index contributed by atoms with van der Waals surface area (Å²) in [4.78, 5) is 17.0. The van der Waals surface area contributed by atoms with E-state index in [-0.39, 0.29) is 0 Å². The molecule has 0 spiro atoms. The third kappa shape index (κ3) is 3.08.